The molecule has 1 saturated carbocycles. The van der Waals surface area contributed by atoms with E-state index in [2.05, 4.69) is 17.2 Å². The maximum Gasteiger partial charge on any atom is 0.416 e. The number of aliphatic carboxylic acids is 1. The molecule has 0 heterocycles. The smallest absolute Gasteiger partial charge is 0.416 e. The number of carboxylic acids is 1. The summed E-state index contributed by atoms with van der Waals surface area (Å²) in [5.74, 6) is 3.43. The van der Waals surface area contributed by atoms with Crippen LogP contribution in [-0.2, 0) is 15.8 Å². The lowest BCUT2D eigenvalue weighted by molar-refractivity contribution is -0.141. The van der Waals surface area contributed by atoms with Gasteiger partial charge in [0, 0.05) is 11.5 Å². The summed E-state index contributed by atoms with van der Waals surface area (Å²) in [6, 6.07) is 4.44. The average molecular weight is 339 g/mol. The Morgan fingerprint density at radius 2 is 1.79 bits per heavy atom. The first-order valence-corrected chi connectivity index (χ1v) is 7.44. The zero-order valence-electron chi connectivity index (χ0n) is 12.7. The van der Waals surface area contributed by atoms with E-state index in [0.29, 0.717) is 24.8 Å². The van der Waals surface area contributed by atoms with E-state index in [4.69, 9.17) is 5.11 Å². The lowest BCUT2D eigenvalue weighted by Gasteiger charge is -2.08. The van der Waals surface area contributed by atoms with Gasteiger partial charge in [-0.2, -0.15) is 13.2 Å². The van der Waals surface area contributed by atoms with Crippen molar-refractivity contribution in [1.82, 2.24) is 5.32 Å². The van der Waals surface area contributed by atoms with E-state index in [0.717, 1.165) is 12.1 Å². The molecule has 2 atom stereocenters. The molecule has 0 aromatic heterocycles. The van der Waals surface area contributed by atoms with E-state index in [1.165, 1.54) is 12.1 Å². The summed E-state index contributed by atoms with van der Waals surface area (Å²) in [7, 11) is 0. The third-order valence-electron chi connectivity index (χ3n) is 3.95. The van der Waals surface area contributed by atoms with Crippen molar-refractivity contribution in [3.8, 4) is 11.8 Å². The molecule has 0 saturated heterocycles. The summed E-state index contributed by atoms with van der Waals surface area (Å²) < 4.78 is 37.3. The van der Waals surface area contributed by atoms with Crippen molar-refractivity contribution in [2.75, 3.05) is 6.54 Å². The van der Waals surface area contributed by atoms with Crippen LogP contribution < -0.4 is 5.32 Å². The van der Waals surface area contributed by atoms with Gasteiger partial charge in [-0.3, -0.25) is 9.59 Å². The number of nitrogens with one attached hydrogen (secondary N) is 1. The van der Waals surface area contributed by atoms with Gasteiger partial charge in [0.05, 0.1) is 18.0 Å². The fourth-order valence-electron chi connectivity index (χ4n) is 2.61. The van der Waals surface area contributed by atoms with Crippen molar-refractivity contribution in [2.45, 2.75) is 25.4 Å². The Bertz CT molecular complexity index is 671. The van der Waals surface area contributed by atoms with Gasteiger partial charge in [0.2, 0.25) is 5.91 Å². The normalized spacial score (nSPS) is 20.1. The molecule has 1 aromatic carbocycles. The molecule has 0 aliphatic heterocycles. The summed E-state index contributed by atoms with van der Waals surface area (Å²) >= 11 is 0. The van der Waals surface area contributed by atoms with Crippen LogP contribution in [0.3, 0.4) is 0 Å². The molecule has 1 aliphatic rings. The van der Waals surface area contributed by atoms with E-state index in [-0.39, 0.29) is 18.4 Å². The second-order valence-electron chi connectivity index (χ2n) is 5.64. The van der Waals surface area contributed by atoms with Crippen LogP contribution in [0, 0.1) is 23.7 Å². The predicted octanol–water partition coefficient (Wildman–Crippen LogP) is 2.67. The largest absolute Gasteiger partial charge is 0.481 e. The van der Waals surface area contributed by atoms with Crippen molar-refractivity contribution in [2.24, 2.45) is 11.8 Å². The molecular formula is C17H16F3NO3. The number of carboxylic acid groups (broad SMARTS) is 1. The lowest BCUT2D eigenvalue weighted by atomic mass is 10.0. The summed E-state index contributed by atoms with van der Waals surface area (Å²) in [4.78, 5) is 22.7. The van der Waals surface area contributed by atoms with E-state index in [1.54, 1.807) is 0 Å². The SMILES string of the molecule is O=C(O)[C@@H]1CC[C@H](C(=O)NCC#Cc2ccc(C(F)(F)F)cc2)C1. The van der Waals surface area contributed by atoms with Crippen LogP contribution in [0.5, 0.6) is 0 Å². The van der Waals surface area contributed by atoms with Crippen molar-refractivity contribution >= 4 is 11.9 Å². The first-order chi connectivity index (χ1) is 11.3. The molecule has 0 bridgehead atoms. The molecule has 2 rings (SSSR count). The minimum absolute atomic E-state index is 0.0636. The third-order valence-corrected chi connectivity index (χ3v) is 3.95. The highest BCUT2D eigenvalue weighted by Crippen LogP contribution is 2.31. The van der Waals surface area contributed by atoms with Crippen LogP contribution >= 0.6 is 0 Å². The van der Waals surface area contributed by atoms with Gasteiger partial charge < -0.3 is 10.4 Å². The maximum atomic E-state index is 12.4. The molecule has 4 nitrogen and oxygen atoms in total. The molecule has 1 aromatic rings. The highest BCUT2D eigenvalue weighted by Gasteiger charge is 2.33. The Morgan fingerprint density at radius 1 is 1.17 bits per heavy atom. The lowest BCUT2D eigenvalue weighted by Crippen LogP contribution is -2.30. The standard InChI is InChI=1S/C17H16F3NO3/c18-17(19,20)14-7-3-11(4-8-14)2-1-9-21-15(22)12-5-6-13(10-12)16(23)24/h3-4,7-8,12-13H,5-6,9-10H2,(H,21,22)(H,23,24)/t12-,13+/m0/s1. The third kappa shape index (κ3) is 4.75. The van der Waals surface area contributed by atoms with Gasteiger partial charge in [0.25, 0.3) is 0 Å². The number of amides is 1. The second kappa shape index (κ2) is 7.39. The minimum atomic E-state index is -4.38. The second-order valence-corrected chi connectivity index (χ2v) is 5.64. The Kier molecular flexibility index (Phi) is 5.50. The van der Waals surface area contributed by atoms with Crippen molar-refractivity contribution in [3.63, 3.8) is 0 Å². The number of carbonyl (C=O) groups excluding carboxylic acids is 1. The molecule has 1 aliphatic carbocycles. The zero-order valence-corrected chi connectivity index (χ0v) is 12.7. The summed E-state index contributed by atoms with van der Waals surface area (Å²) in [5, 5.41) is 11.5. The first kappa shape index (κ1) is 17.9. The molecule has 0 spiro atoms. The maximum absolute atomic E-state index is 12.4. The van der Waals surface area contributed by atoms with Gasteiger partial charge in [0.15, 0.2) is 0 Å². The molecule has 1 amide bonds. The van der Waals surface area contributed by atoms with Gasteiger partial charge in [-0.15, -0.1) is 0 Å². The molecule has 1 fully saturated rings. The number of alkyl halides is 3. The van der Waals surface area contributed by atoms with Gasteiger partial charge in [-0.1, -0.05) is 11.8 Å². The Morgan fingerprint density at radius 3 is 2.33 bits per heavy atom. The Hall–Kier alpha value is -2.49. The van der Waals surface area contributed by atoms with Crippen LogP contribution in [0.4, 0.5) is 13.2 Å². The fourth-order valence-corrected chi connectivity index (χ4v) is 2.61. The molecule has 128 valence electrons. The number of benzene rings is 1. The van der Waals surface area contributed by atoms with Crippen molar-refractivity contribution in [3.05, 3.63) is 35.4 Å². The van der Waals surface area contributed by atoms with Gasteiger partial charge in [-0.25, -0.2) is 0 Å². The van der Waals surface area contributed by atoms with Crippen LogP contribution in [0.25, 0.3) is 0 Å². The highest BCUT2D eigenvalue weighted by molar-refractivity contribution is 5.81. The van der Waals surface area contributed by atoms with E-state index < -0.39 is 23.6 Å². The van der Waals surface area contributed by atoms with E-state index >= 15 is 0 Å². The molecule has 0 radical (unpaired) electrons. The minimum Gasteiger partial charge on any atom is -0.481 e. The highest BCUT2D eigenvalue weighted by atomic mass is 19.4. The molecule has 2 N–H and O–H groups in total. The first-order valence-electron chi connectivity index (χ1n) is 7.44. The number of halogens is 3. The van der Waals surface area contributed by atoms with Crippen molar-refractivity contribution < 1.29 is 27.9 Å². The molecular weight excluding hydrogens is 323 g/mol. The van der Waals surface area contributed by atoms with E-state index in [1.807, 2.05) is 0 Å². The molecule has 24 heavy (non-hydrogen) atoms. The quantitative estimate of drug-likeness (QED) is 0.832. The van der Waals surface area contributed by atoms with Gasteiger partial charge in [-0.05, 0) is 43.5 Å². The van der Waals surface area contributed by atoms with Gasteiger partial charge in [0.1, 0.15) is 0 Å². The average Bonchev–Trinajstić information content (AvgIpc) is 3.01. The van der Waals surface area contributed by atoms with Crippen LogP contribution in [-0.4, -0.2) is 23.5 Å². The zero-order chi connectivity index (χ0) is 17.7. The number of carbonyl (C=O) groups is 2. The van der Waals surface area contributed by atoms with Crippen LogP contribution in [0.1, 0.15) is 30.4 Å². The number of rotatable bonds is 3. The summed E-state index contributed by atoms with van der Waals surface area (Å²) in [5.41, 5.74) is -0.320. The topological polar surface area (TPSA) is 66.4 Å². The van der Waals surface area contributed by atoms with Gasteiger partial charge >= 0.3 is 12.1 Å². The monoisotopic (exact) mass is 339 g/mol. The summed E-state index contributed by atoms with van der Waals surface area (Å²) in [6.07, 6.45) is -3.03. The fraction of sp³-hybridized carbons (Fsp3) is 0.412. The van der Waals surface area contributed by atoms with Crippen LogP contribution in [0.2, 0.25) is 0 Å². The summed E-state index contributed by atoms with van der Waals surface area (Å²) in [6.45, 7) is 0.0636. The van der Waals surface area contributed by atoms with Crippen molar-refractivity contribution in [1.29, 1.82) is 0 Å². The molecule has 0 unspecified atom stereocenters. The van der Waals surface area contributed by atoms with Crippen LogP contribution in [0.15, 0.2) is 24.3 Å². The predicted molar refractivity (Wildman–Crippen MR) is 79.8 cm³/mol. The van der Waals surface area contributed by atoms with E-state index in [9.17, 15) is 22.8 Å². The number of hydrogen-bond acceptors (Lipinski definition) is 2. The Labute approximate surface area is 137 Å². The number of hydrogen-bond donors (Lipinski definition) is 2. The molecule has 7 heteroatoms. The Balaban J connectivity index is 1.81.